The summed E-state index contributed by atoms with van der Waals surface area (Å²) in [6.07, 6.45) is 7.69. The van der Waals surface area contributed by atoms with Gasteiger partial charge < -0.3 is 20.4 Å². The number of rotatable bonds is 3. The van der Waals surface area contributed by atoms with Crippen LogP contribution in [0.25, 0.3) is 22.0 Å². The van der Waals surface area contributed by atoms with E-state index in [1.54, 1.807) is 42.7 Å². The van der Waals surface area contributed by atoms with Gasteiger partial charge in [-0.2, -0.15) is 0 Å². The minimum atomic E-state index is -0.641. The van der Waals surface area contributed by atoms with Crippen LogP contribution in [0.15, 0.2) is 67.0 Å². The number of fused-ring (bicyclic) bond motifs is 5. The molecule has 0 aliphatic carbocycles. The molecule has 3 amide bonds. The van der Waals surface area contributed by atoms with Gasteiger partial charge >= 0.3 is 6.09 Å². The van der Waals surface area contributed by atoms with Gasteiger partial charge in [0, 0.05) is 41.0 Å². The number of amides is 3. The van der Waals surface area contributed by atoms with E-state index in [1.165, 1.54) is 7.11 Å². The van der Waals surface area contributed by atoms with E-state index < -0.39 is 12.1 Å². The van der Waals surface area contributed by atoms with Gasteiger partial charge in [-0.25, -0.2) is 9.78 Å². The van der Waals surface area contributed by atoms with Crippen molar-refractivity contribution in [1.82, 2.24) is 20.3 Å². The normalized spacial score (nSPS) is 15.2. The molecule has 0 spiro atoms. The van der Waals surface area contributed by atoms with Crippen molar-refractivity contribution in [3.63, 3.8) is 0 Å². The number of hydrogen-bond donors (Lipinski definition) is 4. The number of aromatic nitrogens is 3. The van der Waals surface area contributed by atoms with E-state index >= 15 is 0 Å². The smallest absolute Gasteiger partial charge is 0.411 e. The third kappa shape index (κ3) is 5.75. The fourth-order valence-electron chi connectivity index (χ4n) is 4.39. The first kappa shape index (κ1) is 25.9. The van der Waals surface area contributed by atoms with Crippen molar-refractivity contribution >= 4 is 51.7 Å². The van der Waals surface area contributed by atoms with E-state index in [-0.39, 0.29) is 23.4 Å². The van der Waals surface area contributed by atoms with Gasteiger partial charge in [0.15, 0.2) is 0 Å². The highest BCUT2D eigenvalue weighted by Crippen LogP contribution is 2.35. The summed E-state index contributed by atoms with van der Waals surface area (Å²) in [5.74, 6) is -0.0138. The molecule has 5 rings (SSSR count). The Morgan fingerprint density at radius 1 is 1.15 bits per heavy atom. The molecule has 198 valence electrons. The zero-order valence-corrected chi connectivity index (χ0v) is 21.7. The number of carbonyl (C=O) groups is 3. The minimum Gasteiger partial charge on any atom is -0.453 e. The molecule has 1 atom stereocenters. The summed E-state index contributed by atoms with van der Waals surface area (Å²) in [7, 11) is 1.26. The van der Waals surface area contributed by atoms with Gasteiger partial charge in [-0.05, 0) is 48.6 Å². The number of halogens is 1. The van der Waals surface area contributed by atoms with Crippen LogP contribution in [0.1, 0.15) is 41.5 Å². The van der Waals surface area contributed by atoms with Crippen molar-refractivity contribution in [3.05, 3.63) is 83.6 Å². The Balaban J connectivity index is 1.52. The molecule has 1 aliphatic rings. The Morgan fingerprint density at radius 3 is 2.87 bits per heavy atom. The van der Waals surface area contributed by atoms with Gasteiger partial charge in [0.1, 0.15) is 16.7 Å². The van der Waals surface area contributed by atoms with Crippen molar-refractivity contribution in [2.24, 2.45) is 0 Å². The van der Waals surface area contributed by atoms with Crippen LogP contribution in [-0.2, 0) is 9.53 Å². The van der Waals surface area contributed by atoms with Crippen molar-refractivity contribution in [2.45, 2.75) is 25.3 Å². The number of aromatic amines is 1. The first-order valence-corrected chi connectivity index (χ1v) is 12.6. The largest absolute Gasteiger partial charge is 0.453 e. The summed E-state index contributed by atoms with van der Waals surface area (Å²) < 4.78 is 4.67. The molecule has 1 aliphatic heterocycles. The number of carbonyl (C=O) groups excluding carboxylic acids is 3. The number of pyridine rings is 1. The quantitative estimate of drug-likeness (QED) is 0.247. The van der Waals surface area contributed by atoms with E-state index in [0.717, 1.165) is 10.8 Å². The molecule has 0 fully saturated rings. The van der Waals surface area contributed by atoms with Crippen molar-refractivity contribution in [1.29, 1.82) is 0 Å². The Hall–Kier alpha value is -4.70. The zero-order valence-electron chi connectivity index (χ0n) is 21.0. The zero-order chi connectivity index (χ0) is 27.4. The number of methoxy groups -OCH3 is 1. The Labute approximate surface area is 228 Å². The highest BCUT2D eigenvalue weighted by atomic mass is 35.5. The molecule has 2 bridgehead atoms. The van der Waals surface area contributed by atoms with E-state index in [1.807, 2.05) is 24.3 Å². The third-order valence-corrected chi connectivity index (χ3v) is 6.57. The molecule has 0 saturated heterocycles. The fraction of sp³-hybridized carbons (Fsp3) is 0.179. The summed E-state index contributed by atoms with van der Waals surface area (Å²) in [5, 5.41) is 10.4. The molecule has 11 heteroatoms. The molecule has 2 aromatic heterocycles. The van der Waals surface area contributed by atoms with Crippen molar-refractivity contribution in [3.8, 4) is 11.3 Å². The van der Waals surface area contributed by atoms with Crippen molar-refractivity contribution < 1.29 is 19.1 Å². The van der Waals surface area contributed by atoms with Gasteiger partial charge in [0.05, 0.1) is 18.8 Å². The number of imidazole rings is 1. The summed E-state index contributed by atoms with van der Waals surface area (Å²) in [4.78, 5) is 49.8. The lowest BCUT2D eigenvalue weighted by molar-refractivity contribution is -0.116. The lowest BCUT2D eigenvalue weighted by atomic mass is 10.0. The minimum absolute atomic E-state index is 0.211. The molecule has 10 nitrogen and oxygen atoms in total. The Morgan fingerprint density at radius 2 is 2.03 bits per heavy atom. The monoisotopic (exact) mass is 544 g/mol. The van der Waals surface area contributed by atoms with E-state index in [4.69, 9.17) is 16.6 Å². The van der Waals surface area contributed by atoms with E-state index in [9.17, 15) is 14.4 Å². The maximum absolute atomic E-state index is 13.4. The van der Waals surface area contributed by atoms with Gasteiger partial charge in [-0.15, -0.1) is 0 Å². The van der Waals surface area contributed by atoms with E-state index in [0.29, 0.717) is 46.9 Å². The number of anilines is 2. The molecule has 39 heavy (non-hydrogen) atoms. The molecular weight excluding hydrogens is 520 g/mol. The molecule has 0 radical (unpaired) electrons. The van der Waals surface area contributed by atoms with Gasteiger partial charge in [-0.3, -0.25) is 19.9 Å². The lowest BCUT2D eigenvalue weighted by Crippen LogP contribution is -2.29. The predicted molar refractivity (Wildman–Crippen MR) is 149 cm³/mol. The molecular formula is C28H25ClN6O4. The fourth-order valence-corrected chi connectivity index (χ4v) is 4.63. The second-order valence-corrected chi connectivity index (χ2v) is 9.26. The van der Waals surface area contributed by atoms with Gasteiger partial charge in [0.25, 0.3) is 5.91 Å². The first-order valence-electron chi connectivity index (χ1n) is 12.3. The molecule has 4 aromatic rings. The number of benzene rings is 2. The van der Waals surface area contributed by atoms with Crippen LogP contribution >= 0.6 is 11.6 Å². The molecule has 4 N–H and O–H groups in total. The topological polar surface area (TPSA) is 138 Å². The number of H-pyrrole nitrogens is 1. The second-order valence-electron chi connectivity index (χ2n) is 8.88. The van der Waals surface area contributed by atoms with Crippen LogP contribution in [0.5, 0.6) is 0 Å². The highest BCUT2D eigenvalue weighted by Gasteiger charge is 2.23. The van der Waals surface area contributed by atoms with Crippen molar-refractivity contribution in [2.75, 3.05) is 17.7 Å². The summed E-state index contributed by atoms with van der Waals surface area (Å²) in [6.45, 7) is 0. The summed E-state index contributed by atoms with van der Waals surface area (Å²) >= 11 is 6.60. The van der Waals surface area contributed by atoms with Gasteiger partial charge in [-0.1, -0.05) is 35.9 Å². The predicted octanol–water partition coefficient (Wildman–Crippen LogP) is 5.61. The van der Waals surface area contributed by atoms with Crippen LogP contribution in [0.2, 0.25) is 5.15 Å². The van der Waals surface area contributed by atoms with Crippen LogP contribution in [0, 0.1) is 0 Å². The average molecular weight is 545 g/mol. The van der Waals surface area contributed by atoms with Gasteiger partial charge in [0.2, 0.25) is 5.91 Å². The maximum atomic E-state index is 13.4. The summed E-state index contributed by atoms with van der Waals surface area (Å²) in [5.41, 5.74) is 2.30. The first-order chi connectivity index (χ1) is 18.9. The van der Waals surface area contributed by atoms with E-state index in [2.05, 4.69) is 30.7 Å². The SMILES string of the molecule is COC(=O)Nc1ccc2c(c1)NC(=O)CCC=CCC(NC(=O)c1cccc3cnccc13)c1nc-2c(Cl)[nH]1. The van der Waals surface area contributed by atoms with Crippen LogP contribution < -0.4 is 16.0 Å². The highest BCUT2D eigenvalue weighted by molar-refractivity contribution is 6.32. The Kier molecular flexibility index (Phi) is 7.55. The molecule has 2 aromatic carbocycles. The summed E-state index contributed by atoms with van der Waals surface area (Å²) in [6, 6.07) is 11.7. The molecule has 3 heterocycles. The maximum Gasteiger partial charge on any atom is 0.411 e. The standard InChI is InChI=1S/C28H25ClN6O4/c1-39-28(38)31-17-10-11-20-22(14-17)32-23(36)9-4-2-3-8-21(26-34-24(20)25(29)35-26)33-27(37)19-7-5-6-16-15-30-13-12-18(16)19/h2-3,5-7,10-15,21H,4,8-9H2,1H3,(H,31,38)(H,32,36)(H,33,37)(H,34,35). The van der Waals surface area contributed by atoms with Crippen LogP contribution in [0.3, 0.4) is 0 Å². The van der Waals surface area contributed by atoms with Crippen LogP contribution in [-0.4, -0.2) is 40.0 Å². The number of hydrogen-bond acceptors (Lipinski definition) is 6. The number of allylic oxidation sites excluding steroid dienone is 1. The van der Waals surface area contributed by atoms with Crippen LogP contribution in [0.4, 0.5) is 16.2 Å². The number of nitrogens with zero attached hydrogens (tertiary/aromatic N) is 2. The molecule has 1 unspecified atom stereocenters. The second kappa shape index (κ2) is 11.4. The Bertz CT molecular complexity index is 1590. The third-order valence-electron chi connectivity index (χ3n) is 6.30. The lowest BCUT2D eigenvalue weighted by Gasteiger charge is -2.16. The number of ether oxygens (including phenoxy) is 1. The molecule has 0 saturated carbocycles. The average Bonchev–Trinajstić information content (AvgIpc) is 3.32. The number of nitrogens with one attached hydrogen (secondary N) is 4.